The molecule has 1 N–H and O–H groups in total. The number of benzene rings is 1. The second kappa shape index (κ2) is 5.76. The number of carbonyl (C=O) groups is 1. The molecule has 1 aromatic rings. The standard InChI is InChI=1S/C18H23NO3/c1-11(2)17-16(21)13-7-8-15(20)14(18(13)22-17)10-19-9-5-4-6-12(19)3/h7-8,12,20H,4-6,9-10H2,1-3H3. The highest BCUT2D eigenvalue weighted by Gasteiger charge is 2.33. The number of phenolic OH excluding ortho intramolecular Hbond substituents is 1. The van der Waals surface area contributed by atoms with Gasteiger partial charge < -0.3 is 9.84 Å². The summed E-state index contributed by atoms with van der Waals surface area (Å²) in [6.45, 7) is 7.59. The van der Waals surface area contributed by atoms with Gasteiger partial charge in [-0.25, -0.2) is 0 Å². The van der Waals surface area contributed by atoms with E-state index in [0.29, 0.717) is 29.7 Å². The summed E-state index contributed by atoms with van der Waals surface area (Å²) < 4.78 is 5.81. The minimum absolute atomic E-state index is 0.0806. The average molecular weight is 301 g/mol. The zero-order valence-electron chi connectivity index (χ0n) is 13.5. The van der Waals surface area contributed by atoms with Crippen LogP contribution in [0.5, 0.6) is 11.5 Å². The van der Waals surface area contributed by atoms with Gasteiger partial charge in [0.15, 0.2) is 5.76 Å². The first kappa shape index (κ1) is 15.1. The zero-order chi connectivity index (χ0) is 15.9. The molecule has 118 valence electrons. The molecule has 0 aliphatic carbocycles. The fourth-order valence-electron chi connectivity index (χ4n) is 3.26. The minimum atomic E-state index is -0.0806. The molecule has 0 saturated carbocycles. The molecule has 0 amide bonds. The molecule has 2 heterocycles. The highest BCUT2D eigenvalue weighted by atomic mass is 16.5. The number of rotatable bonds is 2. The Morgan fingerprint density at radius 3 is 2.82 bits per heavy atom. The first-order chi connectivity index (χ1) is 10.5. The lowest BCUT2D eigenvalue weighted by molar-refractivity contribution is 0.101. The Morgan fingerprint density at radius 1 is 1.36 bits per heavy atom. The summed E-state index contributed by atoms with van der Waals surface area (Å²) in [5, 5.41) is 10.3. The second-order valence-electron chi connectivity index (χ2n) is 6.52. The van der Waals surface area contributed by atoms with Gasteiger partial charge in [-0.1, -0.05) is 6.42 Å². The Kier molecular flexibility index (Phi) is 3.96. The topological polar surface area (TPSA) is 49.8 Å². The molecule has 1 saturated heterocycles. The molecular weight excluding hydrogens is 278 g/mol. The van der Waals surface area contributed by atoms with E-state index >= 15 is 0 Å². The third kappa shape index (κ3) is 2.52. The number of hydrogen-bond donors (Lipinski definition) is 1. The number of phenols is 1. The molecule has 1 atom stereocenters. The number of Topliss-reactive ketones (excluding diaryl/α,β-unsaturated/α-hetero) is 1. The highest BCUT2D eigenvalue weighted by molar-refractivity contribution is 6.13. The molecular formula is C18H23NO3. The van der Waals surface area contributed by atoms with Crippen molar-refractivity contribution < 1.29 is 14.6 Å². The number of allylic oxidation sites excluding steroid dienone is 2. The van der Waals surface area contributed by atoms with Gasteiger partial charge in [0.05, 0.1) is 11.1 Å². The molecule has 0 spiro atoms. The third-order valence-electron chi connectivity index (χ3n) is 4.65. The Bertz CT molecular complexity index is 644. The number of nitrogens with zero attached hydrogens (tertiary/aromatic N) is 1. The number of ether oxygens (including phenoxy) is 1. The van der Waals surface area contributed by atoms with Crippen molar-refractivity contribution in [2.45, 2.75) is 52.6 Å². The number of fused-ring (bicyclic) bond motifs is 1. The van der Waals surface area contributed by atoms with Gasteiger partial charge >= 0.3 is 0 Å². The van der Waals surface area contributed by atoms with Crippen molar-refractivity contribution in [2.24, 2.45) is 0 Å². The first-order valence-corrected chi connectivity index (χ1v) is 7.98. The molecule has 22 heavy (non-hydrogen) atoms. The van der Waals surface area contributed by atoms with E-state index in [0.717, 1.165) is 17.7 Å². The van der Waals surface area contributed by atoms with Gasteiger partial charge in [-0.3, -0.25) is 9.69 Å². The third-order valence-corrected chi connectivity index (χ3v) is 4.65. The summed E-state index contributed by atoms with van der Waals surface area (Å²) >= 11 is 0. The zero-order valence-corrected chi connectivity index (χ0v) is 13.5. The lowest BCUT2D eigenvalue weighted by atomic mass is 10.0. The van der Waals surface area contributed by atoms with Crippen LogP contribution in [0.1, 0.15) is 56.0 Å². The van der Waals surface area contributed by atoms with E-state index in [1.54, 1.807) is 12.1 Å². The van der Waals surface area contributed by atoms with Crippen molar-refractivity contribution >= 4 is 5.78 Å². The summed E-state index contributed by atoms with van der Waals surface area (Å²) in [7, 11) is 0. The van der Waals surface area contributed by atoms with Crippen LogP contribution in [0.25, 0.3) is 0 Å². The SMILES string of the molecule is CC(C)=C1Oc2c(ccc(O)c2CN2CCCCC2C)C1=O. The Labute approximate surface area is 131 Å². The maximum atomic E-state index is 12.4. The van der Waals surface area contributed by atoms with Gasteiger partial charge in [-0.2, -0.15) is 0 Å². The first-order valence-electron chi connectivity index (χ1n) is 7.98. The fourth-order valence-corrected chi connectivity index (χ4v) is 3.26. The molecule has 0 radical (unpaired) electrons. The van der Waals surface area contributed by atoms with Crippen LogP contribution in [0, 0.1) is 0 Å². The van der Waals surface area contributed by atoms with E-state index in [2.05, 4.69) is 11.8 Å². The van der Waals surface area contributed by atoms with Crippen LogP contribution in [0.3, 0.4) is 0 Å². The molecule has 0 bridgehead atoms. The maximum absolute atomic E-state index is 12.4. The summed E-state index contributed by atoms with van der Waals surface area (Å²) in [5.74, 6) is 1.06. The smallest absolute Gasteiger partial charge is 0.231 e. The molecule has 3 rings (SSSR count). The van der Waals surface area contributed by atoms with Crippen molar-refractivity contribution in [2.75, 3.05) is 6.54 Å². The molecule has 1 aromatic carbocycles. The Hall–Kier alpha value is -1.81. The molecule has 2 aliphatic heterocycles. The van der Waals surface area contributed by atoms with E-state index < -0.39 is 0 Å². The number of hydrogen-bond acceptors (Lipinski definition) is 4. The molecule has 2 aliphatic rings. The largest absolute Gasteiger partial charge is 0.507 e. The van der Waals surface area contributed by atoms with Crippen molar-refractivity contribution in [1.29, 1.82) is 0 Å². The maximum Gasteiger partial charge on any atom is 0.231 e. The van der Waals surface area contributed by atoms with Crippen LogP contribution in [0.4, 0.5) is 0 Å². The van der Waals surface area contributed by atoms with Crippen LogP contribution < -0.4 is 4.74 Å². The van der Waals surface area contributed by atoms with E-state index in [9.17, 15) is 9.90 Å². The van der Waals surface area contributed by atoms with Gasteiger partial charge in [-0.05, 0) is 57.9 Å². The normalized spacial score (nSPS) is 21.7. The highest BCUT2D eigenvalue weighted by Crippen LogP contribution is 2.40. The number of piperidine rings is 1. The summed E-state index contributed by atoms with van der Waals surface area (Å²) in [4.78, 5) is 14.7. The van der Waals surface area contributed by atoms with Crippen LogP contribution in [-0.2, 0) is 6.54 Å². The molecule has 1 fully saturated rings. The van der Waals surface area contributed by atoms with Crippen LogP contribution in [-0.4, -0.2) is 28.4 Å². The van der Waals surface area contributed by atoms with Gasteiger partial charge in [0.2, 0.25) is 5.78 Å². The molecule has 1 unspecified atom stereocenters. The number of likely N-dealkylation sites (tertiary alicyclic amines) is 1. The lowest BCUT2D eigenvalue weighted by Crippen LogP contribution is -2.36. The summed E-state index contributed by atoms with van der Waals surface area (Å²) in [6, 6.07) is 3.76. The van der Waals surface area contributed by atoms with Crippen molar-refractivity contribution in [1.82, 2.24) is 4.90 Å². The van der Waals surface area contributed by atoms with E-state index in [1.807, 2.05) is 13.8 Å². The quantitative estimate of drug-likeness (QED) is 0.847. The van der Waals surface area contributed by atoms with Crippen LogP contribution in [0.2, 0.25) is 0 Å². The Morgan fingerprint density at radius 2 is 2.14 bits per heavy atom. The predicted molar refractivity (Wildman–Crippen MR) is 85.2 cm³/mol. The van der Waals surface area contributed by atoms with Crippen LogP contribution >= 0.6 is 0 Å². The van der Waals surface area contributed by atoms with Gasteiger partial charge in [-0.15, -0.1) is 0 Å². The van der Waals surface area contributed by atoms with E-state index in [4.69, 9.17) is 4.74 Å². The Balaban J connectivity index is 1.97. The number of ketones is 1. The van der Waals surface area contributed by atoms with Gasteiger partial charge in [0.1, 0.15) is 11.5 Å². The van der Waals surface area contributed by atoms with E-state index in [1.165, 1.54) is 19.3 Å². The van der Waals surface area contributed by atoms with Crippen molar-refractivity contribution in [3.63, 3.8) is 0 Å². The average Bonchev–Trinajstić information content (AvgIpc) is 2.82. The van der Waals surface area contributed by atoms with Crippen LogP contribution in [0.15, 0.2) is 23.5 Å². The predicted octanol–water partition coefficient (Wildman–Crippen LogP) is 3.64. The van der Waals surface area contributed by atoms with Crippen molar-refractivity contribution in [3.8, 4) is 11.5 Å². The van der Waals surface area contributed by atoms with E-state index in [-0.39, 0.29) is 11.5 Å². The number of aromatic hydroxyl groups is 1. The minimum Gasteiger partial charge on any atom is -0.507 e. The fraction of sp³-hybridized carbons (Fsp3) is 0.500. The molecule has 4 nitrogen and oxygen atoms in total. The lowest BCUT2D eigenvalue weighted by Gasteiger charge is -2.33. The van der Waals surface area contributed by atoms with Gasteiger partial charge in [0, 0.05) is 12.6 Å². The second-order valence-corrected chi connectivity index (χ2v) is 6.52. The van der Waals surface area contributed by atoms with Gasteiger partial charge in [0.25, 0.3) is 0 Å². The summed E-state index contributed by atoms with van der Waals surface area (Å²) in [6.07, 6.45) is 3.61. The summed E-state index contributed by atoms with van der Waals surface area (Å²) in [5.41, 5.74) is 2.16. The molecule has 0 aromatic heterocycles. The van der Waals surface area contributed by atoms with Crippen molar-refractivity contribution in [3.05, 3.63) is 34.6 Å². The molecule has 4 heteroatoms. The monoisotopic (exact) mass is 301 g/mol. The number of carbonyl (C=O) groups excluding carboxylic acids is 1.